The van der Waals surface area contributed by atoms with Gasteiger partial charge in [-0.05, 0) is 36.9 Å². The molecule has 2 amide bonds. The van der Waals surface area contributed by atoms with Gasteiger partial charge in [-0.2, -0.15) is 0 Å². The standard InChI is InChI=1S/C22H24N2O4S/c1-3-12-22(21(27)28-4-2)17-16(18(23-22)15-11-8-13-29-15)19(25)24(20(17)26)14-9-6-5-7-10-14/h5-11,13,16-18,23H,3-4,12H2,1-2H3/t16-,17+,18-,22+/m0/s1. The molecule has 6 nitrogen and oxygen atoms in total. The van der Waals surface area contributed by atoms with E-state index in [4.69, 9.17) is 4.74 Å². The lowest BCUT2D eigenvalue weighted by Crippen LogP contribution is -2.56. The fourth-order valence-electron chi connectivity index (χ4n) is 4.72. The molecule has 0 aliphatic carbocycles. The van der Waals surface area contributed by atoms with E-state index in [1.165, 1.54) is 16.2 Å². The van der Waals surface area contributed by atoms with Crippen molar-refractivity contribution in [1.82, 2.24) is 5.32 Å². The summed E-state index contributed by atoms with van der Waals surface area (Å²) in [6, 6.07) is 12.4. The minimum Gasteiger partial charge on any atom is -0.465 e. The van der Waals surface area contributed by atoms with Crippen LogP contribution < -0.4 is 10.2 Å². The first-order valence-corrected chi connectivity index (χ1v) is 10.8. The van der Waals surface area contributed by atoms with E-state index in [1.807, 2.05) is 30.5 Å². The Morgan fingerprint density at radius 2 is 1.90 bits per heavy atom. The summed E-state index contributed by atoms with van der Waals surface area (Å²) < 4.78 is 5.40. The van der Waals surface area contributed by atoms with Gasteiger partial charge in [-0.25, -0.2) is 4.90 Å². The smallest absolute Gasteiger partial charge is 0.327 e. The number of esters is 1. The molecule has 0 spiro atoms. The number of anilines is 1. The number of nitrogens with one attached hydrogen (secondary N) is 1. The number of hydrogen-bond donors (Lipinski definition) is 1. The monoisotopic (exact) mass is 412 g/mol. The summed E-state index contributed by atoms with van der Waals surface area (Å²) in [5.41, 5.74) is -0.670. The van der Waals surface area contributed by atoms with Crippen molar-refractivity contribution >= 4 is 34.8 Å². The predicted octanol–water partition coefficient (Wildman–Crippen LogP) is 3.30. The fourth-order valence-corrected chi connectivity index (χ4v) is 5.54. The molecule has 2 aliphatic heterocycles. The number of amides is 2. The van der Waals surface area contributed by atoms with Crippen LogP contribution in [-0.2, 0) is 19.1 Å². The van der Waals surface area contributed by atoms with Crippen LogP contribution in [0.2, 0.25) is 0 Å². The molecular formula is C22H24N2O4S. The molecule has 1 N–H and O–H groups in total. The third-order valence-corrected chi connectivity index (χ3v) is 6.76. The van der Waals surface area contributed by atoms with Gasteiger partial charge in [0.15, 0.2) is 0 Å². The minimum atomic E-state index is -1.21. The zero-order valence-electron chi connectivity index (χ0n) is 16.5. The number of carbonyl (C=O) groups excluding carboxylic acids is 3. The van der Waals surface area contributed by atoms with Gasteiger partial charge in [0.1, 0.15) is 5.54 Å². The summed E-state index contributed by atoms with van der Waals surface area (Å²) in [6.45, 7) is 3.93. The number of benzene rings is 1. The van der Waals surface area contributed by atoms with Crippen LogP contribution in [0.15, 0.2) is 47.8 Å². The number of carbonyl (C=O) groups is 3. The average molecular weight is 413 g/mol. The van der Waals surface area contributed by atoms with Crippen LogP contribution in [0, 0.1) is 11.8 Å². The molecule has 0 unspecified atom stereocenters. The molecule has 0 radical (unpaired) electrons. The van der Waals surface area contributed by atoms with Crippen molar-refractivity contribution in [2.24, 2.45) is 11.8 Å². The maximum atomic E-state index is 13.6. The molecule has 1 aromatic heterocycles. The van der Waals surface area contributed by atoms with E-state index in [-0.39, 0.29) is 18.4 Å². The molecular weight excluding hydrogens is 388 g/mol. The van der Waals surface area contributed by atoms with Crippen LogP contribution in [0.4, 0.5) is 5.69 Å². The Hall–Kier alpha value is -2.51. The van der Waals surface area contributed by atoms with Crippen LogP contribution in [0.25, 0.3) is 0 Å². The summed E-state index contributed by atoms with van der Waals surface area (Å²) >= 11 is 1.52. The van der Waals surface area contributed by atoms with Gasteiger partial charge in [-0.3, -0.25) is 19.7 Å². The van der Waals surface area contributed by atoms with Gasteiger partial charge in [-0.1, -0.05) is 37.6 Å². The molecule has 4 rings (SSSR count). The maximum absolute atomic E-state index is 13.6. The Morgan fingerprint density at radius 3 is 2.52 bits per heavy atom. The number of ether oxygens (including phenoxy) is 1. The Balaban J connectivity index is 1.84. The van der Waals surface area contributed by atoms with Crippen LogP contribution in [0.3, 0.4) is 0 Å². The summed E-state index contributed by atoms with van der Waals surface area (Å²) in [6.07, 6.45) is 1.11. The highest BCUT2D eigenvalue weighted by atomic mass is 32.1. The third kappa shape index (κ3) is 3.00. The van der Waals surface area contributed by atoms with E-state index in [0.29, 0.717) is 18.5 Å². The van der Waals surface area contributed by atoms with Gasteiger partial charge >= 0.3 is 5.97 Å². The number of para-hydroxylation sites is 1. The first kappa shape index (κ1) is 19.8. The topological polar surface area (TPSA) is 75.7 Å². The number of hydrogen-bond acceptors (Lipinski definition) is 6. The molecule has 7 heteroatoms. The maximum Gasteiger partial charge on any atom is 0.327 e. The van der Waals surface area contributed by atoms with Crippen molar-refractivity contribution in [1.29, 1.82) is 0 Å². The Morgan fingerprint density at radius 1 is 1.14 bits per heavy atom. The second-order valence-corrected chi connectivity index (χ2v) is 8.41. The van der Waals surface area contributed by atoms with E-state index < -0.39 is 29.4 Å². The largest absolute Gasteiger partial charge is 0.465 e. The summed E-state index contributed by atoms with van der Waals surface area (Å²) in [7, 11) is 0. The van der Waals surface area contributed by atoms with Gasteiger partial charge in [0, 0.05) is 4.88 Å². The summed E-state index contributed by atoms with van der Waals surface area (Å²) in [5.74, 6) is -2.48. The molecule has 152 valence electrons. The summed E-state index contributed by atoms with van der Waals surface area (Å²) in [4.78, 5) is 42.4. The van der Waals surface area contributed by atoms with E-state index in [2.05, 4.69) is 5.32 Å². The zero-order valence-corrected chi connectivity index (χ0v) is 17.3. The normalized spacial score (nSPS) is 28.6. The lowest BCUT2D eigenvalue weighted by molar-refractivity contribution is -0.155. The van der Waals surface area contributed by atoms with Gasteiger partial charge < -0.3 is 4.74 Å². The third-order valence-electron chi connectivity index (χ3n) is 5.80. The van der Waals surface area contributed by atoms with Crippen molar-refractivity contribution < 1.29 is 19.1 Å². The van der Waals surface area contributed by atoms with E-state index >= 15 is 0 Å². The van der Waals surface area contributed by atoms with Gasteiger partial charge in [0.2, 0.25) is 11.8 Å². The van der Waals surface area contributed by atoms with Gasteiger partial charge in [0.05, 0.1) is 30.2 Å². The molecule has 4 atom stereocenters. The molecule has 2 saturated heterocycles. The first-order valence-electron chi connectivity index (χ1n) is 9.96. The number of rotatable bonds is 6. The summed E-state index contributed by atoms with van der Waals surface area (Å²) in [5, 5.41) is 5.33. The number of fused-ring (bicyclic) bond motifs is 1. The van der Waals surface area contributed by atoms with Crippen LogP contribution in [-0.4, -0.2) is 29.9 Å². The van der Waals surface area contributed by atoms with Crippen molar-refractivity contribution in [3.05, 3.63) is 52.7 Å². The molecule has 0 saturated carbocycles. The average Bonchev–Trinajstić information content (AvgIpc) is 3.41. The van der Waals surface area contributed by atoms with Gasteiger partial charge in [-0.15, -0.1) is 11.3 Å². The Kier molecular flexibility index (Phi) is 5.27. The van der Waals surface area contributed by atoms with Crippen molar-refractivity contribution in [3.8, 4) is 0 Å². The van der Waals surface area contributed by atoms with Crippen LogP contribution in [0.5, 0.6) is 0 Å². The number of nitrogens with zero attached hydrogens (tertiary/aromatic N) is 1. The molecule has 0 bridgehead atoms. The SMILES string of the molecule is CCC[C@@]1(C(=O)OCC)N[C@@H](c2cccs2)[C@H]2C(=O)N(c3ccccc3)C(=O)[C@@H]21. The molecule has 29 heavy (non-hydrogen) atoms. The molecule has 1 aromatic carbocycles. The van der Waals surface area contributed by atoms with Crippen molar-refractivity contribution in [2.45, 2.75) is 38.3 Å². The zero-order chi connectivity index (χ0) is 20.6. The van der Waals surface area contributed by atoms with E-state index in [9.17, 15) is 14.4 Å². The predicted molar refractivity (Wildman–Crippen MR) is 110 cm³/mol. The number of thiophene rings is 1. The fraction of sp³-hybridized carbons (Fsp3) is 0.409. The van der Waals surface area contributed by atoms with Crippen molar-refractivity contribution in [3.63, 3.8) is 0 Å². The second-order valence-electron chi connectivity index (χ2n) is 7.43. The Labute approximate surface area is 173 Å². The molecule has 2 aromatic rings. The molecule has 3 heterocycles. The van der Waals surface area contributed by atoms with Crippen LogP contribution in [0.1, 0.15) is 37.6 Å². The van der Waals surface area contributed by atoms with Crippen molar-refractivity contribution in [2.75, 3.05) is 11.5 Å². The Bertz CT molecular complexity index is 914. The second kappa shape index (κ2) is 7.72. The highest BCUT2D eigenvalue weighted by Crippen LogP contribution is 2.52. The molecule has 2 fully saturated rings. The minimum absolute atomic E-state index is 0.220. The lowest BCUT2D eigenvalue weighted by atomic mass is 9.77. The van der Waals surface area contributed by atoms with E-state index in [1.54, 1.807) is 31.2 Å². The lowest BCUT2D eigenvalue weighted by Gasteiger charge is -2.32. The highest BCUT2D eigenvalue weighted by molar-refractivity contribution is 7.10. The number of imide groups is 1. The van der Waals surface area contributed by atoms with Crippen LogP contribution >= 0.6 is 11.3 Å². The highest BCUT2D eigenvalue weighted by Gasteiger charge is 2.68. The first-order chi connectivity index (χ1) is 14.0. The molecule has 2 aliphatic rings. The van der Waals surface area contributed by atoms with E-state index in [0.717, 1.165) is 4.88 Å². The quantitative estimate of drug-likeness (QED) is 0.582. The van der Waals surface area contributed by atoms with Gasteiger partial charge in [0.25, 0.3) is 0 Å².